The van der Waals surface area contributed by atoms with Crippen LogP contribution in [0.1, 0.15) is 31.2 Å². The summed E-state index contributed by atoms with van der Waals surface area (Å²) in [5, 5.41) is 13.1. The van der Waals surface area contributed by atoms with Gasteiger partial charge in [0.2, 0.25) is 0 Å². The summed E-state index contributed by atoms with van der Waals surface area (Å²) in [4.78, 5) is 12.4. The number of amides is 1. The molecule has 1 rings (SSSR count). The predicted octanol–water partition coefficient (Wildman–Crippen LogP) is 2.69. The average molecular weight is 252 g/mol. The van der Waals surface area contributed by atoms with Crippen molar-refractivity contribution < 1.29 is 9.53 Å². The summed E-state index contributed by atoms with van der Waals surface area (Å²) in [7, 11) is 0. The summed E-state index contributed by atoms with van der Waals surface area (Å²) < 4.78 is 5.10. The second-order valence-corrected chi connectivity index (χ2v) is 5.59. The fourth-order valence-corrected chi connectivity index (χ4v) is 1.99. The zero-order chi connectivity index (χ0) is 12.9. The van der Waals surface area contributed by atoms with E-state index in [0.717, 1.165) is 4.88 Å². The summed E-state index contributed by atoms with van der Waals surface area (Å²) in [5.41, 5.74) is 0.198. The Morgan fingerprint density at radius 3 is 2.82 bits per heavy atom. The first-order valence-electron chi connectivity index (χ1n) is 5.35. The highest BCUT2D eigenvalue weighted by Crippen LogP contribution is 2.14. The lowest BCUT2D eigenvalue weighted by atomic mass is 10.2. The van der Waals surface area contributed by atoms with Gasteiger partial charge in [-0.05, 0) is 33.3 Å². The molecule has 0 saturated carbocycles. The van der Waals surface area contributed by atoms with Gasteiger partial charge in [0, 0.05) is 16.8 Å². The van der Waals surface area contributed by atoms with E-state index in [0.29, 0.717) is 18.5 Å². The minimum absolute atomic E-state index is 0.408. The number of carbonyl (C=O) groups excluding carboxylic acids is 1. The number of nitrogens with zero attached hydrogens (tertiary/aromatic N) is 1. The summed E-state index contributed by atoms with van der Waals surface area (Å²) in [5.74, 6) is 0. The van der Waals surface area contributed by atoms with Crippen LogP contribution in [0.3, 0.4) is 0 Å². The SMILES string of the molecule is CC(C)(C)OC(=O)NCCc1cc(C#N)cs1. The van der Waals surface area contributed by atoms with Crippen LogP contribution < -0.4 is 5.32 Å². The van der Waals surface area contributed by atoms with Gasteiger partial charge in [-0.15, -0.1) is 11.3 Å². The van der Waals surface area contributed by atoms with Crippen LogP contribution in [0.5, 0.6) is 0 Å². The highest BCUT2D eigenvalue weighted by molar-refractivity contribution is 7.10. The second-order valence-electron chi connectivity index (χ2n) is 4.59. The summed E-state index contributed by atoms with van der Waals surface area (Å²) >= 11 is 1.52. The molecule has 1 amide bonds. The fraction of sp³-hybridized carbons (Fsp3) is 0.500. The van der Waals surface area contributed by atoms with Gasteiger partial charge in [0.05, 0.1) is 5.56 Å². The summed E-state index contributed by atoms with van der Waals surface area (Å²) in [6, 6.07) is 3.91. The number of hydrogen-bond acceptors (Lipinski definition) is 4. The Kier molecular flexibility index (Phi) is 4.53. The van der Waals surface area contributed by atoms with Gasteiger partial charge >= 0.3 is 6.09 Å². The van der Waals surface area contributed by atoms with Crippen molar-refractivity contribution in [2.75, 3.05) is 6.54 Å². The molecule has 0 unspecified atom stereocenters. The minimum atomic E-state index is -0.471. The molecule has 0 bridgehead atoms. The molecule has 0 aromatic carbocycles. The molecule has 0 aliphatic rings. The van der Waals surface area contributed by atoms with Gasteiger partial charge in [0.25, 0.3) is 0 Å². The van der Waals surface area contributed by atoms with E-state index >= 15 is 0 Å². The molecule has 0 saturated heterocycles. The van der Waals surface area contributed by atoms with Gasteiger partial charge in [0.15, 0.2) is 0 Å². The number of rotatable bonds is 3. The van der Waals surface area contributed by atoms with Crippen LogP contribution in [-0.4, -0.2) is 18.2 Å². The lowest BCUT2D eigenvalue weighted by Crippen LogP contribution is -2.33. The molecule has 92 valence electrons. The first kappa shape index (κ1) is 13.5. The van der Waals surface area contributed by atoms with E-state index in [4.69, 9.17) is 10.00 Å². The van der Waals surface area contributed by atoms with E-state index in [9.17, 15) is 4.79 Å². The third-order valence-corrected chi connectivity index (χ3v) is 2.82. The van der Waals surface area contributed by atoms with Gasteiger partial charge in [-0.25, -0.2) is 4.79 Å². The van der Waals surface area contributed by atoms with Crippen LogP contribution in [0.2, 0.25) is 0 Å². The third kappa shape index (κ3) is 5.36. The zero-order valence-electron chi connectivity index (χ0n) is 10.2. The van der Waals surface area contributed by atoms with Crippen molar-refractivity contribution in [1.82, 2.24) is 5.32 Å². The lowest BCUT2D eigenvalue weighted by Gasteiger charge is -2.19. The maximum Gasteiger partial charge on any atom is 0.407 e. The number of nitrogens with one attached hydrogen (secondary N) is 1. The number of ether oxygens (including phenoxy) is 1. The van der Waals surface area contributed by atoms with Crippen LogP contribution in [0, 0.1) is 11.3 Å². The molecule has 1 N–H and O–H groups in total. The van der Waals surface area contributed by atoms with Gasteiger partial charge in [-0.2, -0.15) is 5.26 Å². The van der Waals surface area contributed by atoms with Gasteiger partial charge in [0.1, 0.15) is 11.7 Å². The molecule has 0 aliphatic carbocycles. The molecule has 0 spiro atoms. The standard InChI is InChI=1S/C12H16N2O2S/c1-12(2,3)16-11(15)14-5-4-10-6-9(7-13)8-17-10/h6,8H,4-5H2,1-3H3,(H,14,15). The van der Waals surface area contributed by atoms with E-state index in [1.165, 1.54) is 11.3 Å². The molecule has 0 fully saturated rings. The normalized spacial score (nSPS) is 10.7. The van der Waals surface area contributed by atoms with Crippen molar-refractivity contribution in [3.63, 3.8) is 0 Å². The van der Waals surface area contributed by atoms with Crippen molar-refractivity contribution >= 4 is 17.4 Å². The first-order valence-corrected chi connectivity index (χ1v) is 6.23. The molecular formula is C12H16N2O2S. The van der Waals surface area contributed by atoms with Crippen LogP contribution in [-0.2, 0) is 11.2 Å². The van der Waals surface area contributed by atoms with Crippen LogP contribution in [0.25, 0.3) is 0 Å². The van der Waals surface area contributed by atoms with Crippen molar-refractivity contribution in [1.29, 1.82) is 5.26 Å². The van der Waals surface area contributed by atoms with E-state index in [2.05, 4.69) is 11.4 Å². The minimum Gasteiger partial charge on any atom is -0.444 e. The second kappa shape index (κ2) is 5.69. The Labute approximate surface area is 105 Å². The Morgan fingerprint density at radius 2 is 2.29 bits per heavy atom. The average Bonchev–Trinajstić information content (AvgIpc) is 2.63. The number of carbonyl (C=O) groups is 1. The number of hydrogen-bond donors (Lipinski definition) is 1. The van der Waals surface area contributed by atoms with E-state index < -0.39 is 11.7 Å². The van der Waals surface area contributed by atoms with Crippen molar-refractivity contribution in [3.8, 4) is 6.07 Å². The molecule has 5 heteroatoms. The van der Waals surface area contributed by atoms with Crippen molar-refractivity contribution in [2.45, 2.75) is 32.8 Å². The Balaban J connectivity index is 2.29. The van der Waals surface area contributed by atoms with E-state index in [1.54, 1.807) is 0 Å². The third-order valence-electron chi connectivity index (χ3n) is 1.82. The van der Waals surface area contributed by atoms with Crippen LogP contribution >= 0.6 is 11.3 Å². The molecule has 0 atom stereocenters. The van der Waals surface area contributed by atoms with Crippen molar-refractivity contribution in [2.24, 2.45) is 0 Å². The van der Waals surface area contributed by atoms with Gasteiger partial charge in [-0.1, -0.05) is 0 Å². The molecule has 1 aromatic heterocycles. The maximum atomic E-state index is 11.3. The smallest absolute Gasteiger partial charge is 0.407 e. The molecule has 0 aliphatic heterocycles. The Hall–Kier alpha value is -1.54. The van der Waals surface area contributed by atoms with Crippen LogP contribution in [0.4, 0.5) is 4.79 Å². The Bertz CT molecular complexity index is 426. The fourth-order valence-electron chi connectivity index (χ4n) is 1.17. The molecular weight excluding hydrogens is 236 g/mol. The predicted molar refractivity (Wildman–Crippen MR) is 67.0 cm³/mol. The van der Waals surface area contributed by atoms with Crippen LogP contribution in [0.15, 0.2) is 11.4 Å². The highest BCUT2D eigenvalue weighted by atomic mass is 32.1. The molecule has 1 heterocycles. The molecule has 4 nitrogen and oxygen atoms in total. The highest BCUT2D eigenvalue weighted by Gasteiger charge is 2.15. The zero-order valence-corrected chi connectivity index (χ0v) is 11.1. The molecule has 17 heavy (non-hydrogen) atoms. The van der Waals surface area contributed by atoms with Gasteiger partial charge in [-0.3, -0.25) is 0 Å². The lowest BCUT2D eigenvalue weighted by molar-refractivity contribution is 0.0528. The van der Waals surface area contributed by atoms with E-state index in [-0.39, 0.29) is 0 Å². The number of nitriles is 1. The summed E-state index contributed by atoms with van der Waals surface area (Å²) in [6.45, 7) is 5.99. The number of thiophene rings is 1. The first-order chi connectivity index (χ1) is 7.90. The molecule has 0 radical (unpaired) electrons. The van der Waals surface area contributed by atoms with Crippen molar-refractivity contribution in [3.05, 3.63) is 21.9 Å². The maximum absolute atomic E-state index is 11.3. The number of alkyl carbamates (subject to hydrolysis) is 1. The molecule has 1 aromatic rings. The quantitative estimate of drug-likeness (QED) is 0.899. The Morgan fingerprint density at radius 1 is 1.59 bits per heavy atom. The summed E-state index contributed by atoms with van der Waals surface area (Å²) in [6.07, 6.45) is 0.306. The monoisotopic (exact) mass is 252 g/mol. The topological polar surface area (TPSA) is 62.1 Å². The van der Waals surface area contributed by atoms with E-state index in [1.807, 2.05) is 32.2 Å². The van der Waals surface area contributed by atoms with Gasteiger partial charge < -0.3 is 10.1 Å². The largest absolute Gasteiger partial charge is 0.444 e.